The van der Waals surface area contributed by atoms with Crippen molar-refractivity contribution in [2.24, 2.45) is 5.92 Å². The highest BCUT2D eigenvalue weighted by Crippen LogP contribution is 2.25. The molecule has 0 bridgehead atoms. The predicted molar refractivity (Wildman–Crippen MR) is 99.8 cm³/mol. The first-order valence-corrected chi connectivity index (χ1v) is 9.50. The fourth-order valence-electron chi connectivity index (χ4n) is 3.82. The van der Waals surface area contributed by atoms with Crippen molar-refractivity contribution in [2.75, 3.05) is 19.6 Å². The molecule has 1 atom stereocenters. The van der Waals surface area contributed by atoms with E-state index in [9.17, 15) is 14.0 Å². The van der Waals surface area contributed by atoms with Crippen LogP contribution in [0.4, 0.5) is 4.39 Å². The molecule has 2 aliphatic rings. The van der Waals surface area contributed by atoms with Crippen molar-refractivity contribution in [2.45, 2.75) is 45.6 Å². The number of carbonyl (C=O) groups is 2. The van der Waals surface area contributed by atoms with Gasteiger partial charge in [0.15, 0.2) is 0 Å². The number of nitrogens with zero attached hydrogens (tertiary/aromatic N) is 2. The van der Waals surface area contributed by atoms with Crippen LogP contribution in [0.3, 0.4) is 0 Å². The van der Waals surface area contributed by atoms with Crippen molar-refractivity contribution >= 4 is 17.9 Å². The molecule has 4 nitrogen and oxygen atoms in total. The Morgan fingerprint density at radius 2 is 1.81 bits per heavy atom. The Balaban J connectivity index is 1.72. The van der Waals surface area contributed by atoms with E-state index >= 15 is 0 Å². The number of hydrogen-bond acceptors (Lipinski definition) is 2. The molecule has 0 radical (unpaired) electrons. The van der Waals surface area contributed by atoms with Crippen LogP contribution in [-0.2, 0) is 9.59 Å². The molecule has 0 aromatic heterocycles. The van der Waals surface area contributed by atoms with Crippen molar-refractivity contribution in [1.82, 2.24) is 9.80 Å². The topological polar surface area (TPSA) is 40.6 Å². The zero-order valence-electron chi connectivity index (χ0n) is 15.6. The molecule has 0 saturated carbocycles. The van der Waals surface area contributed by atoms with E-state index in [-0.39, 0.29) is 23.7 Å². The first kappa shape index (κ1) is 18.6. The zero-order chi connectivity index (χ0) is 18.7. The predicted octanol–water partition coefficient (Wildman–Crippen LogP) is 3.48. The van der Waals surface area contributed by atoms with Crippen LogP contribution in [-0.4, -0.2) is 47.3 Å². The van der Waals surface area contributed by atoms with Gasteiger partial charge in [0, 0.05) is 30.8 Å². The second kappa shape index (κ2) is 8.02. The monoisotopic (exact) mass is 358 g/mol. The summed E-state index contributed by atoms with van der Waals surface area (Å²) in [5.41, 5.74) is 0.854. The van der Waals surface area contributed by atoms with Gasteiger partial charge >= 0.3 is 0 Å². The van der Waals surface area contributed by atoms with Crippen molar-refractivity contribution in [1.29, 1.82) is 0 Å². The third kappa shape index (κ3) is 3.97. The molecule has 0 unspecified atom stereocenters. The van der Waals surface area contributed by atoms with Gasteiger partial charge in [0.2, 0.25) is 11.8 Å². The van der Waals surface area contributed by atoms with Gasteiger partial charge in [-0.3, -0.25) is 9.59 Å². The van der Waals surface area contributed by atoms with Gasteiger partial charge in [-0.15, -0.1) is 0 Å². The Labute approximate surface area is 154 Å². The summed E-state index contributed by atoms with van der Waals surface area (Å²) in [4.78, 5) is 29.4. The summed E-state index contributed by atoms with van der Waals surface area (Å²) in [6.45, 7) is 6.05. The fraction of sp³-hybridized carbons (Fsp3) is 0.524. The summed E-state index contributed by atoms with van der Waals surface area (Å²) < 4.78 is 13.8. The highest BCUT2D eigenvalue weighted by molar-refractivity contribution is 6.00. The normalized spacial score (nSPS) is 22.0. The summed E-state index contributed by atoms with van der Waals surface area (Å²) in [6.07, 6.45) is 5.17. The lowest BCUT2D eigenvalue weighted by Gasteiger charge is -2.34. The molecule has 5 heteroatoms. The fourth-order valence-corrected chi connectivity index (χ4v) is 3.82. The minimum absolute atomic E-state index is 0.0708. The van der Waals surface area contributed by atoms with E-state index in [0.717, 1.165) is 32.4 Å². The van der Waals surface area contributed by atoms with Crippen molar-refractivity contribution < 1.29 is 14.0 Å². The van der Waals surface area contributed by atoms with Gasteiger partial charge in [-0.1, -0.05) is 25.1 Å². The number of piperidine rings is 1. The molecule has 3 rings (SSSR count). The van der Waals surface area contributed by atoms with Gasteiger partial charge in [0.1, 0.15) is 11.9 Å². The zero-order valence-corrected chi connectivity index (χ0v) is 15.6. The molecule has 0 spiro atoms. The molecule has 1 aromatic carbocycles. The number of rotatable bonds is 3. The third-order valence-corrected chi connectivity index (χ3v) is 5.51. The SMILES string of the molecule is C/C(=C\c1ccccc1F)C(=O)N1CCC[C@@H]1C(=O)N1CCC(C)CC1. The van der Waals surface area contributed by atoms with Crippen LogP contribution in [0.15, 0.2) is 29.8 Å². The van der Waals surface area contributed by atoms with Gasteiger partial charge in [-0.2, -0.15) is 0 Å². The van der Waals surface area contributed by atoms with Crippen LogP contribution in [0, 0.1) is 11.7 Å². The minimum Gasteiger partial charge on any atom is -0.341 e. The van der Waals surface area contributed by atoms with E-state index in [4.69, 9.17) is 0 Å². The number of hydrogen-bond donors (Lipinski definition) is 0. The Morgan fingerprint density at radius 1 is 1.12 bits per heavy atom. The molecular weight excluding hydrogens is 331 g/mol. The lowest BCUT2D eigenvalue weighted by molar-refractivity contribution is -0.143. The number of benzene rings is 1. The quantitative estimate of drug-likeness (QED) is 0.776. The maximum atomic E-state index is 13.8. The summed E-state index contributed by atoms with van der Waals surface area (Å²) in [7, 11) is 0. The summed E-state index contributed by atoms with van der Waals surface area (Å²) >= 11 is 0. The first-order valence-electron chi connectivity index (χ1n) is 9.50. The third-order valence-electron chi connectivity index (χ3n) is 5.51. The molecule has 26 heavy (non-hydrogen) atoms. The van der Waals surface area contributed by atoms with Gasteiger partial charge < -0.3 is 9.80 Å². The second-order valence-corrected chi connectivity index (χ2v) is 7.51. The molecule has 2 aliphatic heterocycles. The van der Waals surface area contributed by atoms with Crippen LogP contribution in [0.25, 0.3) is 6.08 Å². The van der Waals surface area contributed by atoms with E-state index in [1.807, 2.05) is 4.90 Å². The summed E-state index contributed by atoms with van der Waals surface area (Å²) in [5.74, 6) is 0.207. The van der Waals surface area contributed by atoms with Crippen LogP contribution in [0.2, 0.25) is 0 Å². The average molecular weight is 358 g/mol. The number of likely N-dealkylation sites (tertiary alicyclic amines) is 2. The molecule has 2 amide bonds. The highest BCUT2D eigenvalue weighted by Gasteiger charge is 2.37. The molecule has 0 aliphatic carbocycles. The Hall–Kier alpha value is -2.17. The summed E-state index contributed by atoms with van der Waals surface area (Å²) in [5, 5.41) is 0. The number of carbonyl (C=O) groups excluding carboxylic acids is 2. The van der Waals surface area contributed by atoms with Crippen molar-refractivity contribution in [3.8, 4) is 0 Å². The Kier molecular flexibility index (Phi) is 5.74. The molecule has 2 fully saturated rings. The highest BCUT2D eigenvalue weighted by atomic mass is 19.1. The minimum atomic E-state index is -0.375. The molecule has 140 valence electrons. The van der Waals surface area contributed by atoms with Crippen LogP contribution in [0.1, 0.15) is 45.1 Å². The van der Waals surface area contributed by atoms with Gasteiger partial charge in [0.25, 0.3) is 0 Å². The largest absolute Gasteiger partial charge is 0.341 e. The maximum absolute atomic E-state index is 13.8. The molecule has 0 N–H and O–H groups in total. The first-order chi connectivity index (χ1) is 12.5. The van der Waals surface area contributed by atoms with E-state index in [2.05, 4.69) is 6.92 Å². The molecule has 1 aromatic rings. The van der Waals surface area contributed by atoms with Crippen LogP contribution >= 0.6 is 0 Å². The van der Waals surface area contributed by atoms with Crippen molar-refractivity contribution in [3.05, 3.63) is 41.2 Å². The van der Waals surface area contributed by atoms with Crippen molar-refractivity contribution in [3.63, 3.8) is 0 Å². The number of amides is 2. The van der Waals surface area contributed by atoms with E-state index in [0.29, 0.717) is 30.0 Å². The molecular formula is C21H27FN2O2. The summed E-state index contributed by atoms with van der Waals surface area (Å²) in [6, 6.07) is 6.02. The second-order valence-electron chi connectivity index (χ2n) is 7.51. The van der Waals surface area contributed by atoms with E-state index in [1.54, 1.807) is 36.1 Å². The smallest absolute Gasteiger partial charge is 0.250 e. The molecule has 2 heterocycles. The van der Waals surface area contributed by atoms with Crippen LogP contribution in [0.5, 0.6) is 0 Å². The lowest BCUT2D eigenvalue weighted by Crippen LogP contribution is -2.50. The average Bonchev–Trinajstić information content (AvgIpc) is 3.12. The Morgan fingerprint density at radius 3 is 2.50 bits per heavy atom. The van der Waals surface area contributed by atoms with Gasteiger partial charge in [-0.25, -0.2) is 4.39 Å². The lowest BCUT2D eigenvalue weighted by atomic mass is 9.98. The van der Waals surface area contributed by atoms with Gasteiger partial charge in [-0.05, 0) is 50.7 Å². The Bertz CT molecular complexity index is 708. The van der Waals surface area contributed by atoms with E-state index in [1.165, 1.54) is 6.07 Å². The standard InChI is InChI=1S/C21H27FN2O2/c1-15-9-12-23(13-10-15)21(26)19-8-5-11-24(19)20(25)16(2)14-17-6-3-4-7-18(17)22/h3-4,6-7,14-15,19H,5,8-13H2,1-2H3/b16-14+/t19-/m1/s1. The maximum Gasteiger partial charge on any atom is 0.250 e. The van der Waals surface area contributed by atoms with E-state index < -0.39 is 0 Å². The number of halogens is 1. The molecule has 2 saturated heterocycles. The van der Waals surface area contributed by atoms with Crippen LogP contribution < -0.4 is 0 Å². The van der Waals surface area contributed by atoms with Gasteiger partial charge in [0.05, 0.1) is 0 Å².